The van der Waals surface area contributed by atoms with Crippen molar-refractivity contribution in [2.75, 3.05) is 0 Å². The molecule has 0 saturated heterocycles. The Kier molecular flexibility index (Phi) is 0.584. The summed E-state index contributed by atoms with van der Waals surface area (Å²) in [6.45, 7) is -1.24. The third kappa shape index (κ3) is 0.736. The summed E-state index contributed by atoms with van der Waals surface area (Å²) in [5.74, 6) is 0. The molecule has 46 valence electrons. The summed E-state index contributed by atoms with van der Waals surface area (Å²) >= 11 is 0. The summed E-state index contributed by atoms with van der Waals surface area (Å²) in [5, 5.41) is 0.970. The molecule has 1 aliphatic heterocycles. The lowest BCUT2D eigenvalue weighted by Crippen LogP contribution is -1.99. The maximum Gasteiger partial charge on any atom is 0.123 e. The second kappa shape index (κ2) is 1.85. The molecule has 0 saturated carbocycles. The van der Waals surface area contributed by atoms with Crippen molar-refractivity contribution in [3.05, 3.63) is 35.4 Å². The molecule has 0 bridgehead atoms. The summed E-state index contributed by atoms with van der Waals surface area (Å²) < 4.78 is 22.5. The first-order chi connectivity index (χ1) is 5.62. The summed E-state index contributed by atoms with van der Waals surface area (Å²) in [6, 6.07) is 7.27. The van der Waals surface area contributed by atoms with E-state index in [4.69, 9.17) is 4.15 Å². The standard InChI is InChI=1S/C8H9N/c1-2-4-8-6-9-5-7(8)3-1/h1-4,9H,5-6H2/i5D2/hD. The Hall–Kier alpha value is -0.820. The van der Waals surface area contributed by atoms with Crippen LogP contribution in [0.1, 0.15) is 13.9 Å². The van der Waals surface area contributed by atoms with Gasteiger partial charge in [0.25, 0.3) is 0 Å². The number of nitrogens with one attached hydrogen (secondary N) is 1. The number of hydrogen-bond acceptors (Lipinski definition) is 1. The molecule has 9 heavy (non-hydrogen) atoms. The summed E-state index contributed by atoms with van der Waals surface area (Å²) in [4.78, 5) is 0. The molecule has 0 aliphatic carbocycles. The van der Waals surface area contributed by atoms with E-state index in [-0.39, 0.29) is 0 Å². The first kappa shape index (κ1) is 2.84. The average Bonchev–Trinajstić information content (AvgIpc) is 2.25. The van der Waals surface area contributed by atoms with Gasteiger partial charge in [-0.15, -0.1) is 0 Å². The van der Waals surface area contributed by atoms with Crippen molar-refractivity contribution in [2.24, 2.45) is 0 Å². The number of rotatable bonds is 0. The second-order valence-electron chi connectivity index (χ2n) is 2.09. The molecular weight excluding hydrogens is 110 g/mol. The van der Waals surface area contributed by atoms with Crippen molar-refractivity contribution in [3.8, 4) is 0 Å². The molecule has 1 N–H and O–H groups in total. The first-order valence-corrected chi connectivity index (χ1v) is 2.97. The van der Waals surface area contributed by atoms with Crippen LogP contribution in [-0.4, -0.2) is 0 Å². The molecule has 0 fully saturated rings. The smallest absolute Gasteiger partial charge is 0.123 e. The van der Waals surface area contributed by atoms with Gasteiger partial charge in [-0.25, -0.2) is 0 Å². The lowest BCUT2D eigenvalue weighted by molar-refractivity contribution is 0.765. The highest BCUT2D eigenvalue weighted by atomic mass is 14.9. The van der Waals surface area contributed by atoms with E-state index in [1.165, 1.54) is 0 Å². The van der Waals surface area contributed by atoms with Crippen LogP contribution >= 0.6 is 0 Å². The molecule has 2 rings (SSSR count). The van der Waals surface area contributed by atoms with Gasteiger partial charge in [0.1, 0.15) is 1.41 Å². The van der Waals surface area contributed by atoms with Gasteiger partial charge in [0, 0.05) is 15.8 Å². The summed E-state index contributed by atoms with van der Waals surface area (Å²) in [7, 11) is 0. The van der Waals surface area contributed by atoms with Crippen LogP contribution in [0.25, 0.3) is 0 Å². The highest BCUT2D eigenvalue weighted by Crippen LogP contribution is 2.12. The van der Waals surface area contributed by atoms with Crippen LogP contribution in [0.4, 0.5) is 0 Å². The van der Waals surface area contributed by atoms with E-state index in [0.29, 0.717) is 12.1 Å². The lowest BCUT2D eigenvalue weighted by Gasteiger charge is -1.91. The van der Waals surface area contributed by atoms with Gasteiger partial charge < -0.3 is 5.31 Å². The largest absolute Gasteiger partial charge is 0.309 e. The van der Waals surface area contributed by atoms with E-state index in [9.17, 15) is 0 Å². The molecule has 0 spiro atoms. The van der Waals surface area contributed by atoms with Gasteiger partial charge in [0.05, 0.1) is 0 Å². The monoisotopic (exact) mass is 122 g/mol. The van der Waals surface area contributed by atoms with Gasteiger partial charge in [-0.3, -0.25) is 0 Å². The van der Waals surface area contributed by atoms with E-state index in [2.05, 4.69) is 0 Å². The molecule has 0 unspecified atom stereocenters. The van der Waals surface area contributed by atoms with Crippen LogP contribution < -0.4 is 5.31 Å². The molecule has 1 heterocycles. The molecule has 0 amide bonds. The minimum atomic E-state index is -1.61. The van der Waals surface area contributed by atoms with Crippen molar-refractivity contribution in [1.82, 2.24) is 5.31 Å². The Morgan fingerprint density at radius 3 is 3.00 bits per heavy atom. The second-order valence-corrected chi connectivity index (χ2v) is 2.09. The highest BCUT2D eigenvalue weighted by Gasteiger charge is 2.06. The van der Waals surface area contributed by atoms with E-state index >= 15 is 0 Å². The van der Waals surface area contributed by atoms with Gasteiger partial charge in [0.2, 0.25) is 0 Å². The SMILES string of the molecule is [2H]N1Cc2ccccc2C1([2H])[2H]. The molecule has 0 radical (unpaired) electrons. The van der Waals surface area contributed by atoms with Crippen molar-refractivity contribution in [1.29, 1.82) is 0 Å². The van der Waals surface area contributed by atoms with Gasteiger partial charge in [-0.05, 0) is 11.1 Å². The fraction of sp³-hybridized carbons (Fsp3) is 0.250. The maximum atomic E-state index is 7.58. The minimum absolute atomic E-state index is 0.378. The van der Waals surface area contributed by atoms with Crippen LogP contribution in [0.15, 0.2) is 24.3 Å². The third-order valence-electron chi connectivity index (χ3n) is 1.47. The fourth-order valence-corrected chi connectivity index (χ4v) is 0.977. The predicted octanol–water partition coefficient (Wildman–Crippen LogP) is 1.29. The Labute approximate surface area is 59.0 Å². The topological polar surface area (TPSA) is 12.0 Å². The van der Waals surface area contributed by atoms with Gasteiger partial charge in [0.15, 0.2) is 0 Å². The zero-order valence-corrected chi connectivity index (χ0v) is 4.96. The van der Waals surface area contributed by atoms with Crippen LogP contribution in [0.2, 0.25) is 1.41 Å². The van der Waals surface area contributed by atoms with Gasteiger partial charge in [-0.2, -0.15) is 0 Å². The van der Waals surface area contributed by atoms with E-state index in [1.54, 1.807) is 12.1 Å². The third-order valence-corrected chi connectivity index (χ3v) is 1.47. The van der Waals surface area contributed by atoms with E-state index in [1.807, 2.05) is 12.1 Å². The van der Waals surface area contributed by atoms with Crippen LogP contribution in [0.3, 0.4) is 0 Å². The van der Waals surface area contributed by atoms with E-state index < -0.39 is 6.50 Å². The van der Waals surface area contributed by atoms with E-state index in [0.717, 1.165) is 10.9 Å². The molecule has 0 aromatic heterocycles. The zero-order valence-electron chi connectivity index (χ0n) is 7.96. The number of hydrogen-bond donors (Lipinski definition) is 1. The lowest BCUT2D eigenvalue weighted by atomic mass is 10.1. The minimum Gasteiger partial charge on any atom is -0.309 e. The Morgan fingerprint density at radius 1 is 1.44 bits per heavy atom. The number of fused-ring (bicyclic) bond motifs is 1. The molecular formula is C8H9N. The van der Waals surface area contributed by atoms with Gasteiger partial charge in [-0.1, -0.05) is 24.3 Å². The molecule has 1 heteroatoms. The van der Waals surface area contributed by atoms with Crippen molar-refractivity contribution in [2.45, 2.75) is 13.0 Å². The first-order valence-electron chi connectivity index (χ1n) is 4.42. The zero-order chi connectivity index (χ0) is 8.77. The Morgan fingerprint density at radius 2 is 2.22 bits per heavy atom. The van der Waals surface area contributed by atoms with Crippen LogP contribution in [-0.2, 0) is 13.0 Å². The fourth-order valence-electron chi connectivity index (χ4n) is 0.977. The van der Waals surface area contributed by atoms with Crippen LogP contribution in [0.5, 0.6) is 0 Å². The highest BCUT2D eigenvalue weighted by molar-refractivity contribution is 5.29. The summed E-state index contributed by atoms with van der Waals surface area (Å²) in [6.07, 6.45) is 0. The van der Waals surface area contributed by atoms with Crippen molar-refractivity contribution >= 4 is 0 Å². The molecule has 0 atom stereocenters. The average molecular weight is 122 g/mol. The quantitative estimate of drug-likeness (QED) is 0.546. The predicted molar refractivity (Wildman–Crippen MR) is 37.0 cm³/mol. The maximum absolute atomic E-state index is 7.58. The normalized spacial score (nSPS) is 28.2. The Bertz CT molecular complexity index is 311. The molecule has 1 aromatic carbocycles. The number of benzene rings is 1. The summed E-state index contributed by atoms with van der Waals surface area (Å²) in [5.41, 5.74) is 1.54. The van der Waals surface area contributed by atoms with Gasteiger partial charge >= 0.3 is 0 Å². The van der Waals surface area contributed by atoms with Crippen molar-refractivity contribution in [3.63, 3.8) is 0 Å². The van der Waals surface area contributed by atoms with Crippen molar-refractivity contribution < 1.29 is 4.15 Å². The molecule has 1 nitrogen and oxygen atoms in total. The molecule has 1 aromatic rings. The Balaban J connectivity index is 2.55. The van der Waals surface area contributed by atoms with Crippen LogP contribution in [0, 0.1) is 0 Å². The molecule has 1 aliphatic rings.